The van der Waals surface area contributed by atoms with Crippen LogP contribution in [0.25, 0.3) is 10.6 Å². The van der Waals surface area contributed by atoms with Gasteiger partial charge in [-0.1, -0.05) is 28.1 Å². The van der Waals surface area contributed by atoms with Gasteiger partial charge in [-0.25, -0.2) is 9.97 Å². The molecule has 7 heteroatoms. The number of benzene rings is 1. The second-order valence-corrected chi connectivity index (χ2v) is 7.61. The van der Waals surface area contributed by atoms with Gasteiger partial charge in [-0.15, -0.1) is 22.7 Å². The molecule has 0 aliphatic heterocycles. The van der Waals surface area contributed by atoms with Gasteiger partial charge in [-0.3, -0.25) is 4.79 Å². The first-order valence-electron chi connectivity index (χ1n) is 7.06. The molecule has 4 nitrogen and oxygen atoms in total. The van der Waals surface area contributed by atoms with Gasteiger partial charge in [0.15, 0.2) is 0 Å². The summed E-state index contributed by atoms with van der Waals surface area (Å²) < 4.78 is 1.02. The molecule has 1 N–H and O–H groups in total. The number of halogens is 1. The van der Waals surface area contributed by atoms with Crippen LogP contribution in [0.5, 0.6) is 0 Å². The zero-order chi connectivity index (χ0) is 16.1. The number of hydrogen-bond donors (Lipinski definition) is 1. The number of carbonyl (C=O) groups excluding carboxylic acids is 1. The highest BCUT2D eigenvalue weighted by atomic mass is 79.9. The first-order chi connectivity index (χ1) is 11.2. The number of amides is 1. The van der Waals surface area contributed by atoms with Gasteiger partial charge in [0.05, 0.1) is 17.1 Å². The van der Waals surface area contributed by atoms with Crippen molar-refractivity contribution in [1.29, 1.82) is 0 Å². The average Bonchev–Trinajstić information content (AvgIpc) is 3.19. The zero-order valence-corrected chi connectivity index (χ0v) is 15.4. The average molecular weight is 408 g/mol. The molecule has 2 heterocycles. The molecule has 0 aliphatic carbocycles. The highest BCUT2D eigenvalue weighted by Crippen LogP contribution is 2.26. The Hall–Kier alpha value is -1.57. The molecule has 1 aromatic carbocycles. The molecule has 0 radical (unpaired) electrons. The van der Waals surface area contributed by atoms with Crippen molar-refractivity contribution in [2.24, 2.45) is 0 Å². The maximum atomic E-state index is 12.0. The van der Waals surface area contributed by atoms with Crippen molar-refractivity contribution in [2.75, 3.05) is 6.54 Å². The molecule has 2 aromatic heterocycles. The van der Waals surface area contributed by atoms with Crippen LogP contribution in [0.3, 0.4) is 0 Å². The predicted molar refractivity (Wildman–Crippen MR) is 97.8 cm³/mol. The third-order valence-electron chi connectivity index (χ3n) is 3.11. The Kier molecular flexibility index (Phi) is 5.53. The van der Waals surface area contributed by atoms with E-state index in [9.17, 15) is 4.79 Å². The Balaban J connectivity index is 1.53. The smallest absolute Gasteiger partial charge is 0.226 e. The Bertz CT molecular complexity index is 786. The molecule has 3 rings (SSSR count). The molecule has 0 atom stereocenters. The third-order valence-corrected chi connectivity index (χ3v) is 5.38. The summed E-state index contributed by atoms with van der Waals surface area (Å²) in [5.74, 6) is -0.00681. The van der Waals surface area contributed by atoms with Gasteiger partial charge >= 0.3 is 0 Å². The lowest BCUT2D eigenvalue weighted by Gasteiger charge is -2.02. The van der Waals surface area contributed by atoms with Gasteiger partial charge in [0.25, 0.3) is 0 Å². The summed E-state index contributed by atoms with van der Waals surface area (Å²) >= 11 is 6.62. The van der Waals surface area contributed by atoms with Crippen molar-refractivity contribution in [3.05, 3.63) is 56.4 Å². The van der Waals surface area contributed by atoms with Crippen LogP contribution in [-0.2, 0) is 17.6 Å². The summed E-state index contributed by atoms with van der Waals surface area (Å²) in [6.45, 7) is 0.606. The SMILES string of the molecule is O=C(Cc1csc(-c2cccc(Br)c2)n1)NCCc1nccs1. The quantitative estimate of drug-likeness (QED) is 0.673. The predicted octanol–water partition coefficient (Wildman–Crippen LogP) is 3.93. The minimum Gasteiger partial charge on any atom is -0.355 e. The van der Waals surface area contributed by atoms with Crippen LogP contribution in [0.4, 0.5) is 0 Å². The first kappa shape index (κ1) is 16.3. The van der Waals surface area contributed by atoms with Crippen LogP contribution in [-0.4, -0.2) is 22.4 Å². The van der Waals surface area contributed by atoms with E-state index in [0.29, 0.717) is 13.0 Å². The molecule has 1 amide bonds. The highest BCUT2D eigenvalue weighted by Gasteiger charge is 2.09. The largest absolute Gasteiger partial charge is 0.355 e. The fourth-order valence-electron chi connectivity index (χ4n) is 2.05. The molecule has 0 fully saturated rings. The number of nitrogens with zero attached hydrogens (tertiary/aromatic N) is 2. The van der Waals surface area contributed by atoms with E-state index < -0.39 is 0 Å². The molecule has 0 unspecified atom stereocenters. The molecular formula is C16H14BrN3OS2. The van der Waals surface area contributed by atoms with E-state index >= 15 is 0 Å². The minimum absolute atomic E-state index is 0.00681. The topological polar surface area (TPSA) is 54.9 Å². The first-order valence-corrected chi connectivity index (χ1v) is 9.61. The van der Waals surface area contributed by atoms with E-state index in [1.807, 2.05) is 35.0 Å². The van der Waals surface area contributed by atoms with Crippen LogP contribution in [0, 0.1) is 0 Å². The van der Waals surface area contributed by atoms with Crippen LogP contribution >= 0.6 is 38.6 Å². The Morgan fingerprint density at radius 2 is 2.22 bits per heavy atom. The number of thiazole rings is 2. The standard InChI is InChI=1S/C16H14BrN3OS2/c17-12-3-1-2-11(8-12)16-20-13(10-23-16)9-14(21)18-5-4-15-19-6-7-22-15/h1-3,6-8,10H,4-5,9H2,(H,18,21). The monoisotopic (exact) mass is 407 g/mol. The normalized spacial score (nSPS) is 10.7. The fraction of sp³-hybridized carbons (Fsp3) is 0.188. The van der Waals surface area contributed by atoms with Crippen LogP contribution in [0.1, 0.15) is 10.7 Å². The summed E-state index contributed by atoms with van der Waals surface area (Å²) in [5, 5.41) is 8.76. The van der Waals surface area contributed by atoms with E-state index in [-0.39, 0.29) is 5.91 Å². The molecule has 118 valence electrons. The molecular weight excluding hydrogens is 394 g/mol. The van der Waals surface area contributed by atoms with Crippen LogP contribution in [0.15, 0.2) is 45.7 Å². The van der Waals surface area contributed by atoms with Crippen molar-refractivity contribution in [3.63, 3.8) is 0 Å². The summed E-state index contributed by atoms with van der Waals surface area (Å²) in [6, 6.07) is 8.00. The summed E-state index contributed by atoms with van der Waals surface area (Å²) in [6.07, 6.45) is 2.85. The van der Waals surface area contributed by atoms with Gasteiger partial charge in [0, 0.05) is 40.0 Å². The lowest BCUT2D eigenvalue weighted by Crippen LogP contribution is -2.27. The molecule has 0 saturated heterocycles. The van der Waals surface area contributed by atoms with Crippen molar-refractivity contribution < 1.29 is 4.79 Å². The summed E-state index contributed by atoms with van der Waals surface area (Å²) in [7, 11) is 0. The molecule has 3 aromatic rings. The van der Waals surface area contributed by atoms with Crippen molar-refractivity contribution in [1.82, 2.24) is 15.3 Å². The van der Waals surface area contributed by atoms with Gasteiger partial charge in [0.2, 0.25) is 5.91 Å². The number of nitrogens with one attached hydrogen (secondary N) is 1. The van der Waals surface area contributed by atoms with Crippen LogP contribution < -0.4 is 5.32 Å². The number of carbonyl (C=O) groups is 1. The molecule has 23 heavy (non-hydrogen) atoms. The van der Waals surface area contributed by atoms with E-state index in [4.69, 9.17) is 0 Å². The molecule has 0 aliphatic rings. The van der Waals surface area contributed by atoms with E-state index in [2.05, 4.69) is 31.2 Å². The van der Waals surface area contributed by atoms with Crippen LogP contribution in [0.2, 0.25) is 0 Å². The van der Waals surface area contributed by atoms with Gasteiger partial charge < -0.3 is 5.32 Å². The van der Waals surface area contributed by atoms with Crippen molar-refractivity contribution in [3.8, 4) is 10.6 Å². The van der Waals surface area contributed by atoms with Crippen molar-refractivity contribution >= 4 is 44.5 Å². The Morgan fingerprint density at radius 1 is 1.30 bits per heavy atom. The minimum atomic E-state index is -0.00681. The zero-order valence-electron chi connectivity index (χ0n) is 12.2. The van der Waals surface area contributed by atoms with Gasteiger partial charge in [-0.2, -0.15) is 0 Å². The van der Waals surface area contributed by atoms with E-state index in [1.165, 1.54) is 0 Å². The number of aromatic nitrogens is 2. The maximum absolute atomic E-state index is 12.0. The molecule has 0 bridgehead atoms. The third kappa shape index (κ3) is 4.70. The molecule has 0 saturated carbocycles. The number of hydrogen-bond acceptors (Lipinski definition) is 5. The Morgan fingerprint density at radius 3 is 3.00 bits per heavy atom. The highest BCUT2D eigenvalue weighted by molar-refractivity contribution is 9.10. The fourth-order valence-corrected chi connectivity index (χ4v) is 3.89. The van der Waals surface area contributed by atoms with E-state index in [0.717, 1.165) is 32.2 Å². The lowest BCUT2D eigenvalue weighted by molar-refractivity contribution is -0.120. The molecule has 0 spiro atoms. The van der Waals surface area contributed by atoms with Gasteiger partial charge in [0.1, 0.15) is 5.01 Å². The number of rotatable bonds is 6. The van der Waals surface area contributed by atoms with Crippen molar-refractivity contribution in [2.45, 2.75) is 12.8 Å². The van der Waals surface area contributed by atoms with E-state index in [1.54, 1.807) is 28.9 Å². The lowest BCUT2D eigenvalue weighted by atomic mass is 10.2. The summed E-state index contributed by atoms with van der Waals surface area (Å²) in [4.78, 5) is 20.7. The second-order valence-electron chi connectivity index (χ2n) is 4.86. The maximum Gasteiger partial charge on any atom is 0.226 e. The Labute approximate surface area is 150 Å². The second kappa shape index (κ2) is 7.81. The van der Waals surface area contributed by atoms with Gasteiger partial charge in [-0.05, 0) is 12.1 Å². The summed E-state index contributed by atoms with van der Waals surface area (Å²) in [5.41, 5.74) is 1.86.